The van der Waals surface area contributed by atoms with Gasteiger partial charge in [0.2, 0.25) is 0 Å². The maximum absolute atomic E-state index is 13.8. The normalized spacial score (nSPS) is 14.4. The summed E-state index contributed by atoms with van der Waals surface area (Å²) in [4.78, 5) is 13.3. The van der Waals surface area contributed by atoms with Gasteiger partial charge < -0.3 is 4.74 Å². The molecule has 0 N–H and O–H groups in total. The van der Waals surface area contributed by atoms with Gasteiger partial charge in [0.25, 0.3) is 5.91 Å². The van der Waals surface area contributed by atoms with Crippen LogP contribution in [-0.4, -0.2) is 11.6 Å². The van der Waals surface area contributed by atoms with E-state index >= 15 is 0 Å². The minimum absolute atomic E-state index is 0.141. The van der Waals surface area contributed by atoms with E-state index in [1.165, 1.54) is 11.1 Å². The van der Waals surface area contributed by atoms with Gasteiger partial charge in [0.15, 0.2) is 0 Å². The Labute approximate surface area is 197 Å². The number of anilines is 1. The third kappa shape index (κ3) is 4.50. The number of amides is 1. The summed E-state index contributed by atoms with van der Waals surface area (Å²) in [5.41, 5.74) is 4.03. The Hall–Kier alpha value is -4.51. The number of nitrogens with zero attached hydrogens (tertiary/aromatic N) is 2. The first-order valence-electron chi connectivity index (χ1n) is 10.9. The molecule has 0 saturated heterocycles. The van der Waals surface area contributed by atoms with Crippen molar-refractivity contribution in [3.8, 4) is 5.75 Å². The van der Waals surface area contributed by atoms with Crippen LogP contribution in [0.15, 0.2) is 120 Å². The Bertz CT molecular complexity index is 1360. The summed E-state index contributed by atoms with van der Waals surface area (Å²) in [5.74, 6) is 0.134. The van der Waals surface area contributed by atoms with Gasteiger partial charge in [-0.25, -0.2) is 4.39 Å². The van der Waals surface area contributed by atoms with Gasteiger partial charge in [-0.15, -0.1) is 0 Å². The summed E-state index contributed by atoms with van der Waals surface area (Å²) in [7, 11) is 0. The van der Waals surface area contributed by atoms with E-state index in [9.17, 15) is 9.18 Å². The molecule has 4 aromatic carbocycles. The monoisotopic (exact) mass is 448 g/mol. The molecule has 5 heteroatoms. The highest BCUT2D eigenvalue weighted by atomic mass is 19.1. The van der Waals surface area contributed by atoms with Crippen LogP contribution in [0.2, 0.25) is 0 Å². The van der Waals surface area contributed by atoms with Gasteiger partial charge in [-0.2, -0.15) is 10.1 Å². The summed E-state index contributed by atoms with van der Waals surface area (Å²) in [6.45, 7) is 0.141. The van der Waals surface area contributed by atoms with Crippen molar-refractivity contribution < 1.29 is 13.9 Å². The van der Waals surface area contributed by atoms with Gasteiger partial charge in [-0.05, 0) is 42.0 Å². The zero-order valence-electron chi connectivity index (χ0n) is 18.3. The summed E-state index contributed by atoms with van der Waals surface area (Å²) < 4.78 is 19.5. The Kier molecular flexibility index (Phi) is 5.99. The van der Waals surface area contributed by atoms with Crippen LogP contribution in [0.3, 0.4) is 0 Å². The number of hydrogen-bond acceptors (Lipinski definition) is 3. The molecule has 0 radical (unpaired) electrons. The molecule has 0 aliphatic carbocycles. The minimum atomic E-state index is -0.292. The molecule has 0 atom stereocenters. The molecule has 0 unspecified atom stereocenters. The van der Waals surface area contributed by atoms with E-state index in [2.05, 4.69) is 5.10 Å². The highest BCUT2D eigenvalue weighted by Gasteiger charge is 2.31. The third-order valence-corrected chi connectivity index (χ3v) is 5.47. The number of benzene rings is 4. The van der Waals surface area contributed by atoms with Crippen molar-refractivity contribution in [2.45, 2.75) is 6.61 Å². The Balaban J connectivity index is 1.41. The second-order valence-corrected chi connectivity index (χ2v) is 7.77. The lowest BCUT2D eigenvalue weighted by atomic mass is 10.0. The zero-order valence-corrected chi connectivity index (χ0v) is 18.3. The molecule has 4 nitrogen and oxygen atoms in total. The van der Waals surface area contributed by atoms with Crippen LogP contribution >= 0.6 is 0 Å². The van der Waals surface area contributed by atoms with Crippen molar-refractivity contribution in [3.05, 3.63) is 137 Å². The van der Waals surface area contributed by atoms with Gasteiger partial charge in [0, 0.05) is 11.1 Å². The smallest absolute Gasteiger partial charge is 0.281 e. The second kappa shape index (κ2) is 9.55. The van der Waals surface area contributed by atoms with Crippen molar-refractivity contribution in [1.29, 1.82) is 0 Å². The van der Waals surface area contributed by atoms with Crippen molar-refractivity contribution in [3.63, 3.8) is 0 Å². The number of ether oxygens (including phenoxy) is 1. The van der Waals surface area contributed by atoms with E-state index in [0.29, 0.717) is 28.3 Å². The van der Waals surface area contributed by atoms with Gasteiger partial charge >= 0.3 is 0 Å². The van der Waals surface area contributed by atoms with Crippen molar-refractivity contribution >= 4 is 23.4 Å². The Morgan fingerprint density at radius 2 is 1.44 bits per heavy atom. The van der Waals surface area contributed by atoms with Crippen molar-refractivity contribution in [1.82, 2.24) is 0 Å². The number of carbonyl (C=O) groups excluding carboxylic acids is 1. The maximum atomic E-state index is 13.8. The molecule has 1 heterocycles. The summed E-state index contributed by atoms with van der Waals surface area (Å²) in [6.07, 6.45) is 1.83. The van der Waals surface area contributed by atoms with E-state index in [0.717, 1.165) is 11.1 Å². The topological polar surface area (TPSA) is 41.9 Å². The molecule has 0 fully saturated rings. The van der Waals surface area contributed by atoms with E-state index in [-0.39, 0.29) is 18.3 Å². The minimum Gasteiger partial charge on any atom is -0.489 e. The molecule has 0 aromatic heterocycles. The third-order valence-electron chi connectivity index (χ3n) is 5.47. The fourth-order valence-electron chi connectivity index (χ4n) is 3.70. The number of para-hydroxylation sites is 1. The van der Waals surface area contributed by atoms with E-state index in [4.69, 9.17) is 4.74 Å². The number of carbonyl (C=O) groups is 1. The van der Waals surface area contributed by atoms with Crippen LogP contribution < -0.4 is 9.75 Å². The van der Waals surface area contributed by atoms with Crippen LogP contribution in [0.5, 0.6) is 5.75 Å². The average Bonchev–Trinajstić information content (AvgIpc) is 3.21. The predicted molar refractivity (Wildman–Crippen MR) is 132 cm³/mol. The second-order valence-electron chi connectivity index (χ2n) is 7.77. The summed E-state index contributed by atoms with van der Waals surface area (Å²) in [5, 5.41) is 6.08. The van der Waals surface area contributed by atoms with Gasteiger partial charge in [-0.1, -0.05) is 78.9 Å². The standard InChI is InChI=1S/C29H21FN2O2/c30-27-14-8-7-11-23(27)20-34-25-17-15-21(16-18-25)19-26-28(22-9-3-1-4-10-22)31-32(29(26)33)24-12-5-2-6-13-24/h1-19H,20H2/b26-19-. The van der Waals surface area contributed by atoms with E-state index < -0.39 is 0 Å². The highest BCUT2D eigenvalue weighted by Crippen LogP contribution is 2.28. The van der Waals surface area contributed by atoms with E-state index in [1.54, 1.807) is 30.3 Å². The number of halogens is 1. The lowest BCUT2D eigenvalue weighted by molar-refractivity contribution is -0.114. The molecule has 1 aliphatic heterocycles. The molecule has 0 spiro atoms. The molecule has 5 rings (SSSR count). The van der Waals surface area contributed by atoms with Gasteiger partial charge in [-0.3, -0.25) is 4.79 Å². The summed E-state index contributed by atoms with van der Waals surface area (Å²) >= 11 is 0. The van der Waals surface area contributed by atoms with Crippen molar-refractivity contribution in [2.24, 2.45) is 5.10 Å². The van der Waals surface area contributed by atoms with Crippen LogP contribution in [0.1, 0.15) is 16.7 Å². The zero-order chi connectivity index (χ0) is 23.3. The quantitative estimate of drug-likeness (QED) is 0.328. The van der Waals surface area contributed by atoms with Gasteiger partial charge in [0.1, 0.15) is 23.9 Å². The molecule has 0 bridgehead atoms. The first-order valence-corrected chi connectivity index (χ1v) is 10.9. The fourth-order valence-corrected chi connectivity index (χ4v) is 3.70. The van der Waals surface area contributed by atoms with Crippen LogP contribution in [0, 0.1) is 5.82 Å². The van der Waals surface area contributed by atoms with Crippen LogP contribution in [-0.2, 0) is 11.4 Å². The molecule has 34 heavy (non-hydrogen) atoms. The first kappa shape index (κ1) is 21.3. The lowest BCUT2D eigenvalue weighted by Gasteiger charge is -2.11. The fraction of sp³-hybridized carbons (Fsp3) is 0.0345. The van der Waals surface area contributed by atoms with Crippen molar-refractivity contribution in [2.75, 3.05) is 5.01 Å². The average molecular weight is 448 g/mol. The molecular formula is C29H21FN2O2. The molecule has 1 aliphatic rings. The van der Waals surface area contributed by atoms with Gasteiger partial charge in [0.05, 0.1) is 11.3 Å². The molecule has 1 amide bonds. The van der Waals surface area contributed by atoms with E-state index in [1.807, 2.05) is 78.9 Å². The van der Waals surface area contributed by atoms with Crippen LogP contribution in [0.4, 0.5) is 10.1 Å². The number of rotatable bonds is 6. The molecule has 4 aromatic rings. The first-order chi connectivity index (χ1) is 16.7. The number of hydrazone groups is 1. The Morgan fingerprint density at radius 3 is 2.15 bits per heavy atom. The highest BCUT2D eigenvalue weighted by molar-refractivity contribution is 6.37. The lowest BCUT2D eigenvalue weighted by Crippen LogP contribution is -2.21. The largest absolute Gasteiger partial charge is 0.489 e. The molecular weight excluding hydrogens is 427 g/mol. The predicted octanol–water partition coefficient (Wildman–Crippen LogP) is 6.24. The van der Waals surface area contributed by atoms with Crippen LogP contribution in [0.25, 0.3) is 6.08 Å². The SMILES string of the molecule is O=C1/C(=C\c2ccc(OCc3ccccc3F)cc2)C(c2ccccc2)=NN1c1ccccc1. The molecule has 166 valence electrons. The molecule has 0 saturated carbocycles. The summed E-state index contributed by atoms with van der Waals surface area (Å²) in [6, 6.07) is 32.9. The number of hydrogen-bond donors (Lipinski definition) is 0. The Morgan fingerprint density at radius 1 is 0.794 bits per heavy atom. The maximum Gasteiger partial charge on any atom is 0.281 e.